The zero-order valence-corrected chi connectivity index (χ0v) is 19.2. The normalized spacial score (nSPS) is 19.1. The van der Waals surface area contributed by atoms with Crippen LogP contribution < -0.4 is 10.6 Å². The number of furan rings is 1. The Morgan fingerprint density at radius 3 is 2.72 bits per heavy atom. The number of aromatic nitrogens is 1. The first-order chi connectivity index (χ1) is 15.4. The number of rotatable bonds is 7. The lowest BCUT2D eigenvalue weighted by Gasteiger charge is -2.31. The van der Waals surface area contributed by atoms with Gasteiger partial charge in [0.15, 0.2) is 5.76 Å². The summed E-state index contributed by atoms with van der Waals surface area (Å²) >= 11 is 0. The molecule has 1 fully saturated rings. The van der Waals surface area contributed by atoms with Gasteiger partial charge in [-0.25, -0.2) is 0 Å². The van der Waals surface area contributed by atoms with Gasteiger partial charge in [-0.15, -0.1) is 0 Å². The van der Waals surface area contributed by atoms with Gasteiger partial charge < -0.3 is 19.6 Å². The Hall–Kier alpha value is -2.86. The van der Waals surface area contributed by atoms with Gasteiger partial charge in [0, 0.05) is 18.1 Å². The predicted octanol–water partition coefficient (Wildman–Crippen LogP) is 4.71. The molecule has 1 saturated heterocycles. The maximum atomic E-state index is 12.5. The Balaban J connectivity index is 1.36. The van der Waals surface area contributed by atoms with Crippen molar-refractivity contribution < 1.29 is 13.7 Å². The summed E-state index contributed by atoms with van der Waals surface area (Å²) < 4.78 is 10.9. The molecule has 0 unspecified atom stereocenters. The van der Waals surface area contributed by atoms with Gasteiger partial charge in [0.25, 0.3) is 0 Å². The number of hydrogen-bond acceptors (Lipinski definition) is 5. The second kappa shape index (κ2) is 9.74. The minimum absolute atomic E-state index is 0.0677. The highest BCUT2D eigenvalue weighted by molar-refractivity contribution is 5.76. The molecule has 2 atom stereocenters. The fourth-order valence-electron chi connectivity index (χ4n) is 4.34. The summed E-state index contributed by atoms with van der Waals surface area (Å²) in [6.45, 7) is 8.89. The molecule has 4 rings (SSSR count). The molecule has 170 valence electrons. The molecule has 0 radical (unpaired) electrons. The smallest absolute Gasteiger partial charge is 0.220 e. The third-order valence-corrected chi connectivity index (χ3v) is 6.32. The lowest BCUT2D eigenvalue weighted by Crippen LogP contribution is -2.40. The molecule has 0 bridgehead atoms. The summed E-state index contributed by atoms with van der Waals surface area (Å²) in [5, 5.41) is 10.8. The zero-order valence-electron chi connectivity index (χ0n) is 19.2. The van der Waals surface area contributed by atoms with E-state index in [2.05, 4.69) is 60.8 Å². The van der Waals surface area contributed by atoms with Gasteiger partial charge >= 0.3 is 0 Å². The molecule has 3 aromatic rings. The van der Waals surface area contributed by atoms with Crippen LogP contribution in [0.15, 0.2) is 57.7 Å². The van der Waals surface area contributed by atoms with E-state index in [0.29, 0.717) is 24.8 Å². The van der Waals surface area contributed by atoms with Crippen LogP contribution in [0, 0.1) is 11.8 Å². The lowest BCUT2D eigenvalue weighted by atomic mass is 9.81. The molecule has 1 aliphatic rings. The summed E-state index contributed by atoms with van der Waals surface area (Å²) in [6.07, 6.45) is 3.92. The Bertz CT molecular complexity index is 1000. The van der Waals surface area contributed by atoms with E-state index in [-0.39, 0.29) is 11.3 Å². The maximum absolute atomic E-state index is 12.5. The van der Waals surface area contributed by atoms with Gasteiger partial charge in [-0.2, -0.15) is 0 Å². The van der Waals surface area contributed by atoms with Crippen LogP contribution >= 0.6 is 0 Å². The number of nitrogens with one attached hydrogen (secondary N) is 2. The molecule has 0 spiro atoms. The van der Waals surface area contributed by atoms with Crippen LogP contribution in [0.5, 0.6) is 0 Å². The van der Waals surface area contributed by atoms with Gasteiger partial charge in [-0.3, -0.25) is 4.79 Å². The molecule has 2 N–H and O–H groups in total. The van der Waals surface area contributed by atoms with E-state index in [1.54, 1.807) is 6.26 Å². The zero-order chi connectivity index (χ0) is 22.6. The number of benzene rings is 1. The largest absolute Gasteiger partial charge is 0.467 e. The second-order valence-corrected chi connectivity index (χ2v) is 9.79. The highest BCUT2D eigenvalue weighted by atomic mass is 16.5. The highest BCUT2D eigenvalue weighted by Gasteiger charge is 2.28. The van der Waals surface area contributed by atoms with Crippen molar-refractivity contribution in [2.75, 3.05) is 13.1 Å². The fraction of sp³-hybridized carbons (Fsp3) is 0.462. The summed E-state index contributed by atoms with van der Waals surface area (Å²) in [4.78, 5) is 12.5. The van der Waals surface area contributed by atoms with Crippen LogP contribution in [-0.2, 0) is 23.2 Å². The molecule has 2 aromatic heterocycles. The third-order valence-electron chi connectivity index (χ3n) is 6.32. The number of amides is 1. The standard InChI is InChI=1S/C26H33N3O3/c1-26(2,3)21-8-6-18(7-9-21)24-15-22(29-32-24)13-20-16-27-11-10-19(20)14-25(30)28-17-23-5-4-12-31-23/h4-9,12,15,19-20,27H,10-11,13-14,16-17H2,1-3H3,(H,28,30)/t19-,20-/m0/s1. The average Bonchev–Trinajstić information content (AvgIpc) is 3.45. The van der Waals surface area contributed by atoms with E-state index in [1.807, 2.05) is 18.2 Å². The van der Waals surface area contributed by atoms with Crippen LogP contribution in [0.2, 0.25) is 0 Å². The molecular weight excluding hydrogens is 402 g/mol. The van der Waals surface area contributed by atoms with Gasteiger partial charge in [0.1, 0.15) is 5.76 Å². The number of hydrogen-bond donors (Lipinski definition) is 2. The van der Waals surface area contributed by atoms with Crippen molar-refractivity contribution in [2.45, 2.75) is 52.0 Å². The average molecular weight is 436 g/mol. The molecule has 32 heavy (non-hydrogen) atoms. The van der Waals surface area contributed by atoms with Crippen LogP contribution in [-0.4, -0.2) is 24.2 Å². The maximum Gasteiger partial charge on any atom is 0.220 e. The predicted molar refractivity (Wildman–Crippen MR) is 124 cm³/mol. The Morgan fingerprint density at radius 2 is 2.00 bits per heavy atom. The first kappa shape index (κ1) is 22.3. The highest BCUT2D eigenvalue weighted by Crippen LogP contribution is 2.29. The first-order valence-corrected chi connectivity index (χ1v) is 11.4. The Kier molecular flexibility index (Phi) is 6.80. The minimum Gasteiger partial charge on any atom is -0.467 e. The summed E-state index contributed by atoms with van der Waals surface area (Å²) in [6, 6.07) is 14.2. The third kappa shape index (κ3) is 5.68. The summed E-state index contributed by atoms with van der Waals surface area (Å²) in [7, 11) is 0. The van der Waals surface area contributed by atoms with Crippen LogP contribution in [0.4, 0.5) is 0 Å². The molecular formula is C26H33N3O3. The SMILES string of the molecule is CC(C)(C)c1ccc(-c2cc(C[C@H]3CNCC[C@H]3CC(=O)NCc3ccco3)no2)cc1. The van der Waals surface area contributed by atoms with Crippen LogP contribution in [0.1, 0.15) is 50.6 Å². The van der Waals surface area contributed by atoms with E-state index in [9.17, 15) is 4.79 Å². The van der Waals surface area contributed by atoms with Crippen LogP contribution in [0.25, 0.3) is 11.3 Å². The van der Waals surface area contributed by atoms with Crippen molar-refractivity contribution in [1.29, 1.82) is 0 Å². The molecule has 0 aliphatic carbocycles. The molecule has 1 aliphatic heterocycles. The van der Waals surface area contributed by atoms with Gasteiger partial charge in [0.2, 0.25) is 5.91 Å². The number of piperidine rings is 1. The van der Waals surface area contributed by atoms with Gasteiger partial charge in [0.05, 0.1) is 18.5 Å². The Morgan fingerprint density at radius 1 is 1.19 bits per heavy atom. The monoisotopic (exact) mass is 435 g/mol. The van der Waals surface area contributed by atoms with Crippen molar-refractivity contribution in [3.05, 3.63) is 65.7 Å². The van der Waals surface area contributed by atoms with Crippen LogP contribution in [0.3, 0.4) is 0 Å². The molecule has 0 saturated carbocycles. The van der Waals surface area contributed by atoms with Crippen molar-refractivity contribution in [1.82, 2.24) is 15.8 Å². The van der Waals surface area contributed by atoms with Crippen molar-refractivity contribution >= 4 is 5.91 Å². The second-order valence-electron chi connectivity index (χ2n) is 9.79. The summed E-state index contributed by atoms with van der Waals surface area (Å²) in [5.74, 6) is 2.29. The number of carbonyl (C=O) groups is 1. The number of nitrogens with zero attached hydrogens (tertiary/aromatic N) is 1. The van der Waals surface area contributed by atoms with Crippen molar-refractivity contribution in [3.63, 3.8) is 0 Å². The molecule has 6 heteroatoms. The van der Waals surface area contributed by atoms with E-state index < -0.39 is 0 Å². The van der Waals surface area contributed by atoms with Gasteiger partial charge in [-0.05, 0) is 60.9 Å². The molecule has 1 aromatic carbocycles. The van der Waals surface area contributed by atoms with E-state index in [4.69, 9.17) is 8.94 Å². The lowest BCUT2D eigenvalue weighted by molar-refractivity contribution is -0.122. The van der Waals surface area contributed by atoms with Crippen molar-refractivity contribution in [3.8, 4) is 11.3 Å². The molecule has 3 heterocycles. The summed E-state index contributed by atoms with van der Waals surface area (Å²) in [5.41, 5.74) is 3.39. The number of carbonyl (C=O) groups excluding carboxylic acids is 1. The van der Waals surface area contributed by atoms with E-state index in [1.165, 1.54) is 5.56 Å². The van der Waals surface area contributed by atoms with Gasteiger partial charge in [-0.1, -0.05) is 50.2 Å². The molecule has 1 amide bonds. The van der Waals surface area contributed by atoms with E-state index in [0.717, 1.165) is 48.7 Å². The first-order valence-electron chi connectivity index (χ1n) is 11.4. The van der Waals surface area contributed by atoms with Crippen molar-refractivity contribution in [2.24, 2.45) is 11.8 Å². The quantitative estimate of drug-likeness (QED) is 0.562. The fourth-order valence-corrected chi connectivity index (χ4v) is 4.34. The molecule has 6 nitrogen and oxygen atoms in total. The topological polar surface area (TPSA) is 80.3 Å². The minimum atomic E-state index is 0.0677. The Labute approximate surface area is 189 Å². The van der Waals surface area contributed by atoms with E-state index >= 15 is 0 Å².